The molecule has 1 aliphatic heterocycles. The Balaban J connectivity index is 2.06. The van der Waals surface area contributed by atoms with Gasteiger partial charge in [0.2, 0.25) is 0 Å². The highest BCUT2D eigenvalue weighted by molar-refractivity contribution is 9.10. The molecule has 0 spiro atoms. The molecule has 18 heavy (non-hydrogen) atoms. The second-order valence-corrected chi connectivity index (χ2v) is 6.13. The lowest BCUT2D eigenvalue weighted by atomic mass is 10.0. The fraction of sp³-hybridized carbons (Fsp3) is 0.600. The van der Waals surface area contributed by atoms with E-state index in [-0.39, 0.29) is 0 Å². The molecule has 1 aliphatic rings. The summed E-state index contributed by atoms with van der Waals surface area (Å²) in [6.45, 7) is 5.53. The minimum absolute atomic E-state index is 0.692. The van der Waals surface area contributed by atoms with E-state index in [0.717, 1.165) is 13.1 Å². The predicted octanol–water partition coefficient (Wildman–Crippen LogP) is 3.33. The molecule has 0 aliphatic carbocycles. The molecule has 1 heterocycles. The van der Waals surface area contributed by atoms with Crippen molar-refractivity contribution in [1.29, 1.82) is 0 Å². The van der Waals surface area contributed by atoms with Crippen LogP contribution in [0.1, 0.15) is 30.4 Å². The predicted molar refractivity (Wildman–Crippen MR) is 80.9 cm³/mol. The molecule has 0 aromatic heterocycles. The average molecular weight is 311 g/mol. The van der Waals surface area contributed by atoms with Gasteiger partial charge in [-0.3, -0.25) is 4.90 Å². The number of hydrogen-bond donors (Lipinski definition) is 1. The van der Waals surface area contributed by atoms with Gasteiger partial charge in [0.25, 0.3) is 0 Å². The summed E-state index contributed by atoms with van der Waals surface area (Å²) in [5, 5.41) is 3.32. The number of benzene rings is 1. The fourth-order valence-corrected chi connectivity index (χ4v) is 3.35. The lowest BCUT2D eigenvalue weighted by molar-refractivity contribution is 0.139. The summed E-state index contributed by atoms with van der Waals surface area (Å²) >= 11 is 3.69. The van der Waals surface area contributed by atoms with Gasteiger partial charge >= 0.3 is 0 Å². The third-order valence-electron chi connectivity index (χ3n) is 3.77. The van der Waals surface area contributed by atoms with Crippen molar-refractivity contribution in [3.8, 4) is 0 Å². The molecule has 1 atom stereocenters. The smallest absolute Gasteiger partial charge is 0.0248 e. The van der Waals surface area contributed by atoms with Gasteiger partial charge < -0.3 is 5.32 Å². The first-order valence-corrected chi connectivity index (χ1v) is 7.63. The number of aryl methyl sites for hydroxylation is 1. The Bertz CT molecular complexity index is 390. The van der Waals surface area contributed by atoms with Crippen molar-refractivity contribution in [3.05, 3.63) is 33.8 Å². The zero-order chi connectivity index (χ0) is 13.0. The van der Waals surface area contributed by atoms with Crippen molar-refractivity contribution in [2.45, 2.75) is 38.8 Å². The Hall–Kier alpha value is -0.380. The third kappa shape index (κ3) is 3.56. The number of likely N-dealkylation sites (N-methyl/N-ethyl adjacent to an activating group) is 1. The molecule has 1 saturated heterocycles. The fourth-order valence-electron chi connectivity index (χ4n) is 2.73. The Kier molecular flexibility index (Phi) is 5.22. The first-order valence-electron chi connectivity index (χ1n) is 6.84. The normalized spacial score (nSPS) is 21.2. The van der Waals surface area contributed by atoms with Crippen LogP contribution in [-0.4, -0.2) is 31.1 Å². The standard InChI is InChI=1S/C15H23BrN2/c1-12-6-7-13(15(16)9-12)11-18-8-4-3-5-14(18)10-17-2/h6-7,9,14,17H,3-5,8,10-11H2,1-2H3. The van der Waals surface area contributed by atoms with E-state index >= 15 is 0 Å². The van der Waals surface area contributed by atoms with E-state index in [1.165, 1.54) is 41.4 Å². The highest BCUT2D eigenvalue weighted by Gasteiger charge is 2.22. The number of piperidine rings is 1. The molecule has 0 bridgehead atoms. The molecular formula is C15H23BrN2. The molecule has 1 aromatic carbocycles. The van der Waals surface area contributed by atoms with E-state index < -0.39 is 0 Å². The van der Waals surface area contributed by atoms with Gasteiger partial charge in [0.05, 0.1) is 0 Å². The lowest BCUT2D eigenvalue weighted by Crippen LogP contribution is -2.44. The summed E-state index contributed by atoms with van der Waals surface area (Å²) < 4.78 is 1.25. The highest BCUT2D eigenvalue weighted by Crippen LogP contribution is 2.24. The minimum Gasteiger partial charge on any atom is -0.318 e. The largest absolute Gasteiger partial charge is 0.318 e. The van der Waals surface area contributed by atoms with Crippen LogP contribution in [-0.2, 0) is 6.54 Å². The van der Waals surface area contributed by atoms with E-state index in [1.807, 2.05) is 0 Å². The van der Waals surface area contributed by atoms with E-state index in [2.05, 4.69) is 58.3 Å². The quantitative estimate of drug-likeness (QED) is 0.917. The van der Waals surface area contributed by atoms with Gasteiger partial charge in [-0.25, -0.2) is 0 Å². The van der Waals surface area contributed by atoms with Gasteiger partial charge in [0.1, 0.15) is 0 Å². The number of hydrogen-bond acceptors (Lipinski definition) is 2. The van der Waals surface area contributed by atoms with Crippen LogP contribution in [0.4, 0.5) is 0 Å². The third-order valence-corrected chi connectivity index (χ3v) is 4.51. The maximum atomic E-state index is 3.69. The van der Waals surface area contributed by atoms with Crippen LogP contribution < -0.4 is 5.32 Å². The van der Waals surface area contributed by atoms with Crippen LogP contribution in [0.3, 0.4) is 0 Å². The Labute approximate surface area is 119 Å². The summed E-state index contributed by atoms with van der Waals surface area (Å²) in [6, 6.07) is 7.37. The molecule has 1 aromatic rings. The molecule has 0 saturated carbocycles. The van der Waals surface area contributed by atoms with Gasteiger partial charge in [0.15, 0.2) is 0 Å². The molecule has 1 fully saturated rings. The van der Waals surface area contributed by atoms with E-state index in [9.17, 15) is 0 Å². The molecule has 3 heteroatoms. The Morgan fingerprint density at radius 3 is 2.94 bits per heavy atom. The van der Waals surface area contributed by atoms with Gasteiger partial charge in [-0.2, -0.15) is 0 Å². The molecule has 2 nitrogen and oxygen atoms in total. The SMILES string of the molecule is CNCC1CCCCN1Cc1ccc(C)cc1Br. The molecule has 2 rings (SSSR count). The number of nitrogens with one attached hydrogen (secondary N) is 1. The van der Waals surface area contributed by atoms with Gasteiger partial charge in [-0.1, -0.05) is 34.5 Å². The number of halogens is 1. The molecule has 1 N–H and O–H groups in total. The van der Waals surface area contributed by atoms with Crippen LogP contribution in [0.15, 0.2) is 22.7 Å². The summed E-state index contributed by atoms with van der Waals surface area (Å²) in [7, 11) is 2.05. The van der Waals surface area contributed by atoms with Crippen molar-refractivity contribution in [2.24, 2.45) is 0 Å². The zero-order valence-corrected chi connectivity index (χ0v) is 13.0. The van der Waals surface area contributed by atoms with Crippen LogP contribution in [0.25, 0.3) is 0 Å². The van der Waals surface area contributed by atoms with Crippen molar-refractivity contribution in [1.82, 2.24) is 10.2 Å². The molecule has 0 amide bonds. The van der Waals surface area contributed by atoms with Crippen molar-refractivity contribution in [3.63, 3.8) is 0 Å². The number of likely N-dealkylation sites (tertiary alicyclic amines) is 1. The van der Waals surface area contributed by atoms with Crippen LogP contribution in [0, 0.1) is 6.92 Å². The zero-order valence-electron chi connectivity index (χ0n) is 11.4. The topological polar surface area (TPSA) is 15.3 Å². The number of rotatable bonds is 4. The molecule has 0 radical (unpaired) electrons. The first-order chi connectivity index (χ1) is 8.70. The lowest BCUT2D eigenvalue weighted by Gasteiger charge is -2.36. The van der Waals surface area contributed by atoms with Crippen molar-refractivity contribution < 1.29 is 0 Å². The summed E-state index contributed by atoms with van der Waals surface area (Å²) in [4.78, 5) is 2.62. The Morgan fingerprint density at radius 2 is 2.22 bits per heavy atom. The molecular weight excluding hydrogens is 288 g/mol. The Morgan fingerprint density at radius 1 is 1.39 bits per heavy atom. The number of nitrogens with zero attached hydrogens (tertiary/aromatic N) is 1. The van der Waals surface area contributed by atoms with Crippen LogP contribution >= 0.6 is 15.9 Å². The van der Waals surface area contributed by atoms with Gasteiger partial charge in [0, 0.05) is 23.6 Å². The van der Waals surface area contributed by atoms with E-state index in [4.69, 9.17) is 0 Å². The van der Waals surface area contributed by atoms with Crippen LogP contribution in [0.2, 0.25) is 0 Å². The second-order valence-electron chi connectivity index (χ2n) is 5.27. The minimum atomic E-state index is 0.692. The van der Waals surface area contributed by atoms with Gasteiger partial charge in [-0.05, 0) is 50.6 Å². The molecule has 100 valence electrons. The second kappa shape index (κ2) is 6.69. The van der Waals surface area contributed by atoms with E-state index in [0.29, 0.717) is 6.04 Å². The van der Waals surface area contributed by atoms with Crippen molar-refractivity contribution in [2.75, 3.05) is 20.1 Å². The first kappa shape index (κ1) is 14.0. The molecule has 1 unspecified atom stereocenters. The van der Waals surface area contributed by atoms with E-state index in [1.54, 1.807) is 0 Å². The maximum Gasteiger partial charge on any atom is 0.0248 e. The van der Waals surface area contributed by atoms with Crippen molar-refractivity contribution >= 4 is 15.9 Å². The summed E-state index contributed by atoms with van der Waals surface area (Å²) in [5.41, 5.74) is 2.72. The maximum absolute atomic E-state index is 3.69. The summed E-state index contributed by atoms with van der Waals surface area (Å²) in [6.07, 6.45) is 4.03. The van der Waals surface area contributed by atoms with Crippen LogP contribution in [0.5, 0.6) is 0 Å². The average Bonchev–Trinajstić information content (AvgIpc) is 2.35. The van der Waals surface area contributed by atoms with Gasteiger partial charge in [-0.15, -0.1) is 0 Å². The summed E-state index contributed by atoms with van der Waals surface area (Å²) in [5.74, 6) is 0. The highest BCUT2D eigenvalue weighted by atomic mass is 79.9. The monoisotopic (exact) mass is 310 g/mol.